The number of sulfonamides is 1. The van der Waals surface area contributed by atoms with E-state index in [1.165, 1.54) is 36.7 Å². The fourth-order valence-corrected chi connectivity index (χ4v) is 4.52. The Labute approximate surface area is 201 Å². The van der Waals surface area contributed by atoms with Crippen molar-refractivity contribution in [2.24, 2.45) is 0 Å². The first-order valence-electron chi connectivity index (χ1n) is 10.7. The first kappa shape index (κ1) is 22.2. The van der Waals surface area contributed by atoms with Crippen LogP contribution in [0.3, 0.4) is 0 Å². The molecule has 0 aliphatic heterocycles. The lowest BCUT2D eigenvalue weighted by Gasteiger charge is -2.11. The van der Waals surface area contributed by atoms with Crippen LogP contribution in [0.5, 0.6) is 0 Å². The number of benzene rings is 3. The number of hydrogen-bond donors (Lipinski definition) is 2. The van der Waals surface area contributed by atoms with Gasteiger partial charge in [-0.05, 0) is 42.5 Å². The van der Waals surface area contributed by atoms with E-state index in [0.29, 0.717) is 22.5 Å². The third-order valence-corrected chi connectivity index (χ3v) is 6.59. The summed E-state index contributed by atoms with van der Waals surface area (Å²) in [6, 6.07) is 26.3. The van der Waals surface area contributed by atoms with Gasteiger partial charge in [0.1, 0.15) is 0 Å². The van der Waals surface area contributed by atoms with Gasteiger partial charge < -0.3 is 5.32 Å². The van der Waals surface area contributed by atoms with E-state index in [1.54, 1.807) is 12.1 Å². The molecule has 2 aromatic heterocycles. The molecule has 3 aromatic carbocycles. The number of carbonyl (C=O) groups excluding carboxylic acids is 1. The Morgan fingerprint density at radius 1 is 0.771 bits per heavy atom. The minimum atomic E-state index is -3.87. The standard InChI is InChI=1S/C26H19N5O3S/c32-25(22-17-24(18-7-2-1-3-8-18)30-23-10-5-4-9-21(22)23)29-19-11-13-20(14-12-19)35(33,34)31-26-27-15-6-16-28-26/h1-17H,(H,29,32)(H,27,28,31). The van der Waals surface area contributed by atoms with E-state index in [9.17, 15) is 13.2 Å². The van der Waals surface area contributed by atoms with Crippen molar-refractivity contribution in [2.45, 2.75) is 4.90 Å². The van der Waals surface area contributed by atoms with Crippen LogP contribution < -0.4 is 10.0 Å². The molecule has 0 fully saturated rings. The lowest BCUT2D eigenvalue weighted by atomic mass is 10.0. The molecule has 2 N–H and O–H groups in total. The minimum Gasteiger partial charge on any atom is -0.322 e. The van der Waals surface area contributed by atoms with Crippen molar-refractivity contribution in [3.05, 3.63) is 109 Å². The average Bonchev–Trinajstić information content (AvgIpc) is 2.89. The van der Waals surface area contributed by atoms with E-state index in [1.807, 2.05) is 54.6 Å². The summed E-state index contributed by atoms with van der Waals surface area (Å²) in [4.78, 5) is 25.7. The number of carbonyl (C=O) groups is 1. The molecule has 8 nitrogen and oxygen atoms in total. The highest BCUT2D eigenvalue weighted by Crippen LogP contribution is 2.26. The first-order chi connectivity index (χ1) is 17.0. The van der Waals surface area contributed by atoms with Gasteiger partial charge in [-0.2, -0.15) is 0 Å². The Morgan fingerprint density at radius 3 is 2.20 bits per heavy atom. The van der Waals surface area contributed by atoms with Crippen LogP contribution in [-0.4, -0.2) is 29.3 Å². The van der Waals surface area contributed by atoms with Crippen molar-refractivity contribution in [3.63, 3.8) is 0 Å². The first-order valence-corrected chi connectivity index (χ1v) is 12.1. The number of amides is 1. The summed E-state index contributed by atoms with van der Waals surface area (Å²) in [5, 5.41) is 3.57. The maximum atomic E-state index is 13.2. The molecule has 172 valence electrons. The van der Waals surface area contributed by atoms with Gasteiger partial charge in [-0.3, -0.25) is 4.79 Å². The minimum absolute atomic E-state index is 0.0173. The van der Waals surface area contributed by atoms with Crippen molar-refractivity contribution in [2.75, 3.05) is 10.0 Å². The van der Waals surface area contributed by atoms with Crippen LogP contribution in [0, 0.1) is 0 Å². The van der Waals surface area contributed by atoms with Crippen molar-refractivity contribution in [3.8, 4) is 11.3 Å². The van der Waals surface area contributed by atoms with Crippen LogP contribution in [0.15, 0.2) is 108 Å². The summed E-state index contributed by atoms with van der Waals surface area (Å²) in [5.74, 6) is -0.351. The number of fused-ring (bicyclic) bond motifs is 1. The Bertz CT molecular complexity index is 1610. The van der Waals surface area contributed by atoms with Crippen LogP contribution >= 0.6 is 0 Å². The fourth-order valence-electron chi connectivity index (χ4n) is 3.57. The van der Waals surface area contributed by atoms with E-state index in [4.69, 9.17) is 4.98 Å². The molecule has 0 unspecified atom stereocenters. The molecule has 0 saturated heterocycles. The van der Waals surface area contributed by atoms with Gasteiger partial charge >= 0.3 is 0 Å². The molecule has 2 heterocycles. The average molecular weight is 482 g/mol. The Hall–Kier alpha value is -4.63. The molecule has 1 amide bonds. The maximum absolute atomic E-state index is 13.2. The van der Waals surface area contributed by atoms with Gasteiger partial charge in [-0.1, -0.05) is 48.5 Å². The highest BCUT2D eigenvalue weighted by Gasteiger charge is 2.17. The highest BCUT2D eigenvalue weighted by atomic mass is 32.2. The van der Waals surface area contributed by atoms with Crippen LogP contribution in [0.25, 0.3) is 22.2 Å². The van der Waals surface area contributed by atoms with Gasteiger partial charge in [0.2, 0.25) is 5.95 Å². The van der Waals surface area contributed by atoms with Gasteiger partial charge in [0.05, 0.1) is 21.7 Å². The number of nitrogens with zero attached hydrogens (tertiary/aromatic N) is 3. The third-order valence-electron chi connectivity index (χ3n) is 5.24. The molecule has 0 bridgehead atoms. The fraction of sp³-hybridized carbons (Fsp3) is 0. The molecule has 0 spiro atoms. The van der Waals surface area contributed by atoms with E-state index in [-0.39, 0.29) is 16.8 Å². The largest absolute Gasteiger partial charge is 0.322 e. The van der Waals surface area contributed by atoms with Crippen molar-refractivity contribution >= 4 is 38.5 Å². The van der Waals surface area contributed by atoms with Gasteiger partial charge in [0.25, 0.3) is 15.9 Å². The topological polar surface area (TPSA) is 114 Å². The van der Waals surface area contributed by atoms with Gasteiger partial charge in [-0.15, -0.1) is 0 Å². The predicted octanol–water partition coefficient (Wildman–Crippen LogP) is 4.74. The normalized spacial score (nSPS) is 11.2. The number of hydrogen-bond acceptors (Lipinski definition) is 6. The molecular weight excluding hydrogens is 462 g/mol. The molecule has 0 saturated carbocycles. The molecule has 9 heteroatoms. The summed E-state index contributed by atoms with van der Waals surface area (Å²) in [5.41, 5.74) is 3.21. The number of pyridine rings is 1. The van der Waals surface area contributed by atoms with Gasteiger partial charge in [-0.25, -0.2) is 28.1 Å². The van der Waals surface area contributed by atoms with E-state index in [0.717, 1.165) is 10.9 Å². The Morgan fingerprint density at radius 2 is 1.46 bits per heavy atom. The number of rotatable bonds is 6. The SMILES string of the molecule is O=C(Nc1ccc(S(=O)(=O)Nc2ncccn2)cc1)c1cc(-c2ccccc2)nc2ccccc12. The van der Waals surface area contributed by atoms with Crippen LogP contribution in [0.2, 0.25) is 0 Å². The molecule has 35 heavy (non-hydrogen) atoms. The zero-order valence-electron chi connectivity index (χ0n) is 18.3. The molecule has 0 atom stereocenters. The molecule has 5 aromatic rings. The van der Waals surface area contributed by atoms with E-state index < -0.39 is 10.0 Å². The maximum Gasteiger partial charge on any atom is 0.264 e. The van der Waals surface area contributed by atoms with Crippen molar-refractivity contribution in [1.82, 2.24) is 15.0 Å². The summed E-state index contributed by atoms with van der Waals surface area (Å²) in [6.07, 6.45) is 2.88. The number of anilines is 2. The lowest BCUT2D eigenvalue weighted by molar-refractivity contribution is 0.102. The molecule has 0 aliphatic rings. The summed E-state index contributed by atoms with van der Waals surface area (Å²) >= 11 is 0. The molecular formula is C26H19N5O3S. The smallest absolute Gasteiger partial charge is 0.264 e. The van der Waals surface area contributed by atoms with Gasteiger partial charge in [0.15, 0.2) is 0 Å². The second-order valence-electron chi connectivity index (χ2n) is 7.59. The zero-order valence-corrected chi connectivity index (χ0v) is 19.1. The summed E-state index contributed by atoms with van der Waals surface area (Å²) < 4.78 is 27.5. The van der Waals surface area contributed by atoms with Crippen LogP contribution in [-0.2, 0) is 10.0 Å². The number of para-hydroxylation sites is 1. The zero-order chi connectivity index (χ0) is 24.3. The van der Waals surface area contributed by atoms with E-state index >= 15 is 0 Å². The number of aromatic nitrogens is 3. The molecule has 0 radical (unpaired) electrons. The summed E-state index contributed by atoms with van der Waals surface area (Å²) in [7, 11) is -3.87. The van der Waals surface area contributed by atoms with Crippen molar-refractivity contribution < 1.29 is 13.2 Å². The monoisotopic (exact) mass is 481 g/mol. The van der Waals surface area contributed by atoms with Crippen LogP contribution in [0.1, 0.15) is 10.4 Å². The predicted molar refractivity (Wildman–Crippen MR) is 134 cm³/mol. The lowest BCUT2D eigenvalue weighted by Crippen LogP contribution is -2.15. The Kier molecular flexibility index (Phi) is 5.90. The number of nitrogens with one attached hydrogen (secondary N) is 2. The quantitative estimate of drug-likeness (QED) is 0.362. The third kappa shape index (κ3) is 4.85. The molecule has 0 aliphatic carbocycles. The second-order valence-corrected chi connectivity index (χ2v) is 9.28. The van der Waals surface area contributed by atoms with Gasteiger partial charge in [0, 0.05) is 29.0 Å². The van der Waals surface area contributed by atoms with Crippen molar-refractivity contribution in [1.29, 1.82) is 0 Å². The van der Waals surface area contributed by atoms with E-state index in [2.05, 4.69) is 20.0 Å². The highest BCUT2D eigenvalue weighted by molar-refractivity contribution is 7.92. The van der Waals surface area contributed by atoms with Crippen LogP contribution in [0.4, 0.5) is 11.6 Å². The molecule has 5 rings (SSSR count). The second kappa shape index (κ2) is 9.32. The summed E-state index contributed by atoms with van der Waals surface area (Å²) in [6.45, 7) is 0. The Balaban J connectivity index is 1.41.